The lowest BCUT2D eigenvalue weighted by Gasteiger charge is -2.16. The predicted molar refractivity (Wildman–Crippen MR) is 126 cm³/mol. The summed E-state index contributed by atoms with van der Waals surface area (Å²) in [7, 11) is -4.66. The molecule has 2 aliphatic rings. The highest BCUT2D eigenvalue weighted by atomic mass is 31.2. The number of hydrogen-bond donors (Lipinski definition) is 7. The Balaban J connectivity index is 0.000000194. The average Bonchev–Trinajstić information content (AvgIpc) is 3.56. The standard InChI is InChI=1S/C10H14N5O7P.C8H12N4O3/c11-10-13-8-7(9(17)14-10)12-3-15(8)6-1-4(16)5(22-6)2-21-23(18,19)20;9-7-10-4-12(8(14)11-7)6-2-1-5(3-13)15-6/h3-6,16H,1-2H2,(H2,18,19,20)(H3,11,13,14,17);4-6,13H,1-3H2,(H2,9,11,14)/t4-,5?,6-;5-,6?/m10/s1. The van der Waals surface area contributed by atoms with Gasteiger partial charge in [0.1, 0.15) is 24.9 Å². The van der Waals surface area contributed by atoms with E-state index in [1.807, 2.05) is 0 Å². The lowest BCUT2D eigenvalue weighted by Crippen LogP contribution is -2.28. The van der Waals surface area contributed by atoms with Crippen LogP contribution >= 0.6 is 7.82 Å². The highest BCUT2D eigenvalue weighted by Crippen LogP contribution is 2.38. The van der Waals surface area contributed by atoms with E-state index < -0.39 is 50.3 Å². The molecule has 38 heavy (non-hydrogen) atoms. The quantitative estimate of drug-likeness (QED) is 0.152. The SMILES string of the molecule is Nc1nc2c(ncn2[C@H]2C[C@@H](O)C(COP(=O)(O)O)O2)c(=O)[nH]1.Nc1ncn(C2CC[C@@H](CO)O2)c(=O)n1. The van der Waals surface area contributed by atoms with Gasteiger partial charge in [0.25, 0.3) is 5.56 Å². The number of nitrogens with zero attached hydrogens (tertiary/aromatic N) is 6. The van der Waals surface area contributed by atoms with Crippen LogP contribution < -0.4 is 22.7 Å². The Labute approximate surface area is 212 Å². The maximum Gasteiger partial charge on any atom is 0.469 e. The first kappa shape index (κ1) is 27.7. The number of rotatable bonds is 6. The zero-order valence-electron chi connectivity index (χ0n) is 19.6. The van der Waals surface area contributed by atoms with Gasteiger partial charge in [0, 0.05) is 6.42 Å². The molecule has 0 aliphatic carbocycles. The number of H-pyrrole nitrogens is 1. The first-order chi connectivity index (χ1) is 17.9. The van der Waals surface area contributed by atoms with Crippen LogP contribution in [0.5, 0.6) is 0 Å². The Bertz CT molecular complexity index is 1440. The van der Waals surface area contributed by atoms with Gasteiger partial charge in [0.05, 0.1) is 31.7 Å². The van der Waals surface area contributed by atoms with Gasteiger partial charge >= 0.3 is 13.5 Å². The van der Waals surface area contributed by atoms with Crippen LogP contribution in [-0.2, 0) is 18.6 Å². The molecule has 2 fully saturated rings. The molecular weight excluding hydrogens is 533 g/mol. The van der Waals surface area contributed by atoms with E-state index in [9.17, 15) is 19.3 Å². The van der Waals surface area contributed by atoms with Crippen molar-refractivity contribution in [3.8, 4) is 0 Å². The monoisotopic (exact) mass is 559 g/mol. The average molecular weight is 559 g/mol. The number of phosphoric ester groups is 1. The molecule has 0 aromatic carbocycles. The molecule has 19 nitrogen and oxygen atoms in total. The van der Waals surface area contributed by atoms with Crippen molar-refractivity contribution in [2.75, 3.05) is 24.7 Å². The van der Waals surface area contributed by atoms with Crippen molar-refractivity contribution >= 4 is 30.9 Å². The number of aliphatic hydroxyl groups excluding tert-OH is 2. The summed E-state index contributed by atoms with van der Waals surface area (Å²) in [6, 6.07) is 0. The van der Waals surface area contributed by atoms with Crippen molar-refractivity contribution in [3.05, 3.63) is 33.5 Å². The number of fused-ring (bicyclic) bond motifs is 1. The molecule has 20 heteroatoms. The number of hydrogen-bond acceptors (Lipinski definition) is 14. The second-order valence-corrected chi connectivity index (χ2v) is 9.61. The summed E-state index contributed by atoms with van der Waals surface area (Å²) in [4.78, 5) is 58.0. The van der Waals surface area contributed by atoms with Crippen molar-refractivity contribution in [1.29, 1.82) is 0 Å². The fourth-order valence-electron chi connectivity index (χ4n) is 3.94. The van der Waals surface area contributed by atoms with E-state index in [2.05, 4.69) is 29.4 Å². The Hall–Kier alpha value is -3.29. The summed E-state index contributed by atoms with van der Waals surface area (Å²) in [5.74, 6) is -0.142. The fourth-order valence-corrected chi connectivity index (χ4v) is 4.28. The van der Waals surface area contributed by atoms with Gasteiger partial charge in [-0.15, -0.1) is 0 Å². The molecule has 3 aromatic rings. The van der Waals surface area contributed by atoms with Crippen LogP contribution in [0.15, 0.2) is 22.2 Å². The van der Waals surface area contributed by atoms with Crippen LogP contribution in [0.1, 0.15) is 31.7 Å². The van der Waals surface area contributed by atoms with Crippen LogP contribution in [-0.4, -0.2) is 85.6 Å². The van der Waals surface area contributed by atoms with Gasteiger partial charge < -0.3 is 40.9 Å². The summed E-state index contributed by atoms with van der Waals surface area (Å²) in [6.45, 7) is -0.522. The third-order valence-electron chi connectivity index (χ3n) is 5.72. The number of aliphatic hydroxyl groups is 2. The molecular formula is C18H26N9O10P. The van der Waals surface area contributed by atoms with Crippen LogP contribution in [0.25, 0.3) is 11.2 Å². The van der Waals surface area contributed by atoms with E-state index in [1.165, 1.54) is 21.8 Å². The number of aromatic nitrogens is 7. The molecule has 0 spiro atoms. The highest BCUT2D eigenvalue weighted by Gasteiger charge is 2.37. The van der Waals surface area contributed by atoms with Crippen molar-refractivity contribution < 1.29 is 38.6 Å². The van der Waals surface area contributed by atoms with Gasteiger partial charge in [-0.25, -0.2) is 19.3 Å². The lowest BCUT2D eigenvalue weighted by atomic mass is 10.2. The first-order valence-electron chi connectivity index (χ1n) is 11.2. The number of nitrogens with two attached hydrogens (primary N) is 2. The molecule has 9 N–H and O–H groups in total. The van der Waals surface area contributed by atoms with E-state index in [4.69, 9.17) is 35.8 Å². The lowest BCUT2D eigenvalue weighted by molar-refractivity contribution is -0.0424. The summed E-state index contributed by atoms with van der Waals surface area (Å²) >= 11 is 0. The minimum atomic E-state index is -4.66. The zero-order valence-corrected chi connectivity index (χ0v) is 20.5. The van der Waals surface area contributed by atoms with Gasteiger partial charge in [-0.2, -0.15) is 9.97 Å². The van der Waals surface area contributed by atoms with Crippen molar-refractivity contribution in [2.45, 2.75) is 50.0 Å². The number of phosphoric acid groups is 1. The minimum Gasteiger partial charge on any atom is -0.394 e. The van der Waals surface area contributed by atoms with Crippen molar-refractivity contribution in [1.82, 2.24) is 34.1 Å². The van der Waals surface area contributed by atoms with Crippen LogP contribution in [0, 0.1) is 0 Å². The zero-order chi connectivity index (χ0) is 27.6. The fraction of sp³-hybridized carbons (Fsp3) is 0.556. The number of nitrogens with one attached hydrogen (secondary N) is 1. The second-order valence-electron chi connectivity index (χ2n) is 8.37. The van der Waals surface area contributed by atoms with Crippen LogP contribution in [0.2, 0.25) is 0 Å². The van der Waals surface area contributed by atoms with Crippen molar-refractivity contribution in [2.24, 2.45) is 0 Å². The van der Waals surface area contributed by atoms with E-state index in [1.54, 1.807) is 0 Å². The molecule has 0 saturated carbocycles. The molecule has 2 aliphatic heterocycles. The summed E-state index contributed by atoms with van der Waals surface area (Å²) in [5, 5.41) is 18.8. The van der Waals surface area contributed by atoms with Crippen LogP contribution in [0.4, 0.5) is 11.9 Å². The third-order valence-corrected chi connectivity index (χ3v) is 6.20. The Morgan fingerprint density at radius 2 is 1.84 bits per heavy atom. The number of nitrogen functional groups attached to an aromatic ring is 2. The number of imidazole rings is 1. The van der Waals surface area contributed by atoms with E-state index in [0.717, 1.165) is 6.42 Å². The first-order valence-corrected chi connectivity index (χ1v) is 12.7. The second kappa shape index (κ2) is 11.2. The van der Waals surface area contributed by atoms with E-state index in [-0.39, 0.29) is 42.2 Å². The third kappa shape index (κ3) is 6.40. The summed E-state index contributed by atoms with van der Waals surface area (Å²) in [5.41, 5.74) is 10.0. The summed E-state index contributed by atoms with van der Waals surface area (Å²) < 4.78 is 28.7. The Morgan fingerprint density at radius 3 is 2.50 bits per heavy atom. The predicted octanol–water partition coefficient (Wildman–Crippen LogP) is -2.65. The molecule has 0 radical (unpaired) electrons. The number of anilines is 2. The molecule has 5 rings (SSSR count). The molecule has 2 saturated heterocycles. The normalized spacial score (nSPS) is 25.4. The van der Waals surface area contributed by atoms with Gasteiger partial charge in [-0.05, 0) is 12.8 Å². The molecule has 5 heterocycles. The van der Waals surface area contributed by atoms with E-state index in [0.29, 0.717) is 6.42 Å². The summed E-state index contributed by atoms with van der Waals surface area (Å²) in [6.07, 6.45) is 0.841. The smallest absolute Gasteiger partial charge is 0.394 e. The molecule has 0 amide bonds. The Morgan fingerprint density at radius 1 is 1.11 bits per heavy atom. The highest BCUT2D eigenvalue weighted by molar-refractivity contribution is 7.46. The topological polar surface area (TPSA) is 289 Å². The van der Waals surface area contributed by atoms with Gasteiger partial charge in [0.2, 0.25) is 11.9 Å². The Kier molecular flexibility index (Phi) is 8.19. The van der Waals surface area contributed by atoms with E-state index >= 15 is 0 Å². The van der Waals surface area contributed by atoms with Gasteiger partial charge in [0.15, 0.2) is 11.2 Å². The van der Waals surface area contributed by atoms with Gasteiger partial charge in [-0.3, -0.25) is 23.4 Å². The molecule has 208 valence electrons. The maximum atomic E-state index is 11.7. The minimum absolute atomic E-state index is 0.0406. The number of aromatic amines is 1. The van der Waals surface area contributed by atoms with Crippen molar-refractivity contribution in [3.63, 3.8) is 0 Å². The van der Waals surface area contributed by atoms with Gasteiger partial charge in [-0.1, -0.05) is 0 Å². The molecule has 3 aromatic heterocycles. The maximum absolute atomic E-state index is 11.7. The largest absolute Gasteiger partial charge is 0.469 e. The van der Waals surface area contributed by atoms with Crippen LogP contribution in [0.3, 0.4) is 0 Å². The molecule has 5 atom stereocenters. The number of ether oxygens (including phenoxy) is 2. The molecule has 2 unspecified atom stereocenters. The molecule has 0 bridgehead atoms.